The molecule has 5 nitrogen and oxygen atoms in total. The van der Waals surface area contributed by atoms with E-state index in [4.69, 9.17) is 4.42 Å². The number of amides is 1. The maximum absolute atomic E-state index is 12.3. The van der Waals surface area contributed by atoms with Crippen molar-refractivity contribution >= 4 is 42.1 Å². The van der Waals surface area contributed by atoms with Gasteiger partial charge in [0, 0.05) is 25.7 Å². The van der Waals surface area contributed by atoms with Gasteiger partial charge in [0.15, 0.2) is 0 Å². The van der Waals surface area contributed by atoms with Gasteiger partial charge >= 0.3 is 0 Å². The minimum Gasteiger partial charge on any atom is -0.444 e. The van der Waals surface area contributed by atoms with Gasteiger partial charge in [0.05, 0.1) is 17.0 Å². The second kappa shape index (κ2) is 8.53. The van der Waals surface area contributed by atoms with E-state index in [1.54, 1.807) is 17.6 Å². The number of hydrogen-bond donors (Lipinski definition) is 1. The van der Waals surface area contributed by atoms with E-state index in [9.17, 15) is 4.79 Å². The van der Waals surface area contributed by atoms with Gasteiger partial charge < -0.3 is 14.6 Å². The van der Waals surface area contributed by atoms with Gasteiger partial charge in [-0.15, -0.1) is 36.2 Å². The summed E-state index contributed by atoms with van der Waals surface area (Å²) in [4.78, 5) is 19.6. The van der Waals surface area contributed by atoms with Gasteiger partial charge in [-0.25, -0.2) is 4.98 Å². The average molecular weight is 364 g/mol. The first-order valence-corrected chi connectivity index (χ1v) is 7.60. The molecule has 122 valence electrons. The van der Waals surface area contributed by atoms with Crippen LogP contribution < -0.4 is 5.32 Å². The fourth-order valence-electron chi connectivity index (χ4n) is 2.37. The van der Waals surface area contributed by atoms with E-state index in [1.165, 1.54) is 0 Å². The fourth-order valence-corrected chi connectivity index (χ4v) is 3.03. The molecule has 22 heavy (non-hydrogen) atoms. The number of halogens is 2. The summed E-state index contributed by atoms with van der Waals surface area (Å²) in [7, 11) is 0. The van der Waals surface area contributed by atoms with Gasteiger partial charge in [-0.3, -0.25) is 4.79 Å². The predicted molar refractivity (Wildman–Crippen MR) is 92.1 cm³/mol. The maximum Gasteiger partial charge on any atom is 0.236 e. The Morgan fingerprint density at radius 2 is 2.36 bits per heavy atom. The molecule has 2 aromatic heterocycles. The highest BCUT2D eigenvalue weighted by molar-refractivity contribution is 7.13. The Bertz CT molecular complexity index is 589. The molecule has 0 aromatic carbocycles. The van der Waals surface area contributed by atoms with Crippen LogP contribution >= 0.6 is 36.2 Å². The summed E-state index contributed by atoms with van der Waals surface area (Å²) in [6, 6.07) is 4.15. The zero-order chi connectivity index (χ0) is 13.9. The molecule has 0 bridgehead atoms. The van der Waals surface area contributed by atoms with Crippen LogP contribution in [0.15, 0.2) is 28.2 Å². The third-order valence-corrected chi connectivity index (χ3v) is 4.30. The summed E-state index contributed by atoms with van der Waals surface area (Å²) >= 11 is 1.58. The van der Waals surface area contributed by atoms with Crippen molar-refractivity contribution in [2.45, 2.75) is 19.4 Å². The van der Waals surface area contributed by atoms with Crippen molar-refractivity contribution in [3.8, 4) is 10.8 Å². The van der Waals surface area contributed by atoms with Crippen molar-refractivity contribution in [2.75, 3.05) is 19.6 Å². The first-order chi connectivity index (χ1) is 9.74. The molecule has 2 aromatic rings. The quantitative estimate of drug-likeness (QED) is 0.910. The number of nitrogens with zero attached hydrogens (tertiary/aromatic N) is 2. The van der Waals surface area contributed by atoms with Crippen LogP contribution in [-0.4, -0.2) is 41.5 Å². The lowest BCUT2D eigenvalue weighted by molar-refractivity contribution is -0.133. The van der Waals surface area contributed by atoms with Gasteiger partial charge in [0.2, 0.25) is 11.8 Å². The van der Waals surface area contributed by atoms with Gasteiger partial charge in [-0.1, -0.05) is 6.07 Å². The molecular weight excluding hydrogens is 345 g/mol. The van der Waals surface area contributed by atoms with Gasteiger partial charge in [-0.05, 0) is 18.4 Å². The summed E-state index contributed by atoms with van der Waals surface area (Å²) in [5.41, 5.74) is 0.698. The van der Waals surface area contributed by atoms with E-state index in [-0.39, 0.29) is 36.8 Å². The highest BCUT2D eigenvalue weighted by Crippen LogP contribution is 2.23. The molecule has 1 amide bonds. The summed E-state index contributed by atoms with van der Waals surface area (Å²) < 4.78 is 5.44. The van der Waals surface area contributed by atoms with Crippen molar-refractivity contribution in [3.63, 3.8) is 0 Å². The van der Waals surface area contributed by atoms with Crippen molar-refractivity contribution < 1.29 is 9.21 Å². The Hall–Kier alpha value is -1.08. The summed E-state index contributed by atoms with van der Waals surface area (Å²) in [5, 5.41) is 5.26. The molecular formula is C14H19Cl2N3O2S. The van der Waals surface area contributed by atoms with Crippen LogP contribution in [0.5, 0.6) is 0 Å². The number of thiophene rings is 1. The third-order valence-electron chi connectivity index (χ3n) is 3.44. The molecule has 0 aliphatic carbocycles. The van der Waals surface area contributed by atoms with Crippen LogP contribution in [0.25, 0.3) is 10.8 Å². The van der Waals surface area contributed by atoms with Gasteiger partial charge in [0.1, 0.15) is 6.26 Å². The lowest BCUT2D eigenvalue weighted by atomic mass is 10.2. The Kier molecular flexibility index (Phi) is 7.35. The average Bonchev–Trinajstić information content (AvgIpc) is 3.09. The summed E-state index contributed by atoms with van der Waals surface area (Å²) in [6.45, 7) is 4.53. The lowest BCUT2D eigenvalue weighted by Crippen LogP contribution is -2.52. The molecule has 1 N–H and O–H groups in total. The van der Waals surface area contributed by atoms with E-state index in [2.05, 4.69) is 17.2 Å². The van der Waals surface area contributed by atoms with Crippen LogP contribution in [0.3, 0.4) is 0 Å². The smallest absolute Gasteiger partial charge is 0.236 e. The monoisotopic (exact) mass is 363 g/mol. The Labute approximate surface area is 145 Å². The van der Waals surface area contributed by atoms with E-state index in [1.807, 2.05) is 22.4 Å². The fraction of sp³-hybridized carbons (Fsp3) is 0.429. The number of rotatable bonds is 3. The van der Waals surface area contributed by atoms with E-state index < -0.39 is 0 Å². The SMILES string of the molecule is C[C@H]1CNCCN1C(=O)Cc1coc(-c2cccs2)n1.Cl.Cl. The zero-order valence-electron chi connectivity index (χ0n) is 12.2. The van der Waals surface area contributed by atoms with Gasteiger partial charge in [-0.2, -0.15) is 0 Å². The number of hydrogen-bond acceptors (Lipinski definition) is 5. The highest BCUT2D eigenvalue weighted by Gasteiger charge is 2.23. The molecule has 3 heterocycles. The maximum atomic E-state index is 12.3. The van der Waals surface area contributed by atoms with Crippen LogP contribution in [-0.2, 0) is 11.2 Å². The molecule has 1 atom stereocenters. The molecule has 0 unspecified atom stereocenters. The van der Waals surface area contributed by atoms with Crippen molar-refractivity contribution in [1.29, 1.82) is 0 Å². The van der Waals surface area contributed by atoms with Gasteiger partial charge in [0.25, 0.3) is 0 Å². The van der Waals surface area contributed by atoms with E-state index in [0.29, 0.717) is 18.0 Å². The number of carbonyl (C=O) groups excluding carboxylic acids is 1. The number of nitrogens with one attached hydrogen (secondary N) is 1. The lowest BCUT2D eigenvalue weighted by Gasteiger charge is -2.33. The Morgan fingerprint density at radius 3 is 3.05 bits per heavy atom. The van der Waals surface area contributed by atoms with Crippen molar-refractivity contribution in [1.82, 2.24) is 15.2 Å². The Balaban J connectivity index is 0.00000121. The minimum atomic E-state index is 0. The Morgan fingerprint density at radius 1 is 1.55 bits per heavy atom. The van der Waals surface area contributed by atoms with E-state index in [0.717, 1.165) is 24.5 Å². The van der Waals surface area contributed by atoms with Crippen molar-refractivity contribution in [2.24, 2.45) is 0 Å². The molecule has 8 heteroatoms. The largest absolute Gasteiger partial charge is 0.444 e. The normalized spacial score (nSPS) is 17.5. The molecule has 0 spiro atoms. The molecule has 0 radical (unpaired) electrons. The second-order valence-corrected chi connectivity index (χ2v) is 5.89. The second-order valence-electron chi connectivity index (χ2n) is 4.94. The molecule has 1 aliphatic rings. The van der Waals surface area contributed by atoms with Crippen LogP contribution in [0.2, 0.25) is 0 Å². The molecule has 1 saturated heterocycles. The van der Waals surface area contributed by atoms with Crippen molar-refractivity contribution in [3.05, 3.63) is 29.5 Å². The predicted octanol–water partition coefficient (Wildman–Crippen LogP) is 2.61. The summed E-state index contributed by atoms with van der Waals surface area (Å²) in [5.74, 6) is 0.709. The molecule has 0 saturated carbocycles. The van der Waals surface area contributed by atoms with Crippen LogP contribution in [0, 0.1) is 0 Å². The molecule has 1 fully saturated rings. The number of oxazole rings is 1. The van der Waals surface area contributed by atoms with E-state index >= 15 is 0 Å². The first-order valence-electron chi connectivity index (χ1n) is 6.72. The highest BCUT2D eigenvalue weighted by atomic mass is 35.5. The number of piperazine rings is 1. The first kappa shape index (κ1) is 19.0. The van der Waals surface area contributed by atoms with Crippen LogP contribution in [0.4, 0.5) is 0 Å². The molecule has 3 rings (SSSR count). The number of carbonyl (C=O) groups is 1. The minimum absolute atomic E-state index is 0. The topological polar surface area (TPSA) is 58.4 Å². The molecule has 1 aliphatic heterocycles. The standard InChI is InChI=1S/C14H17N3O2S.2ClH/c1-10-8-15-4-5-17(10)13(18)7-11-9-19-14(16-11)12-3-2-6-20-12;;/h2-3,6,9-10,15H,4-5,7-8H2,1H3;2*1H/t10-;;/m0../s1. The third kappa shape index (κ3) is 4.23. The van der Waals surface area contributed by atoms with Crippen LogP contribution in [0.1, 0.15) is 12.6 Å². The number of aromatic nitrogens is 1. The summed E-state index contributed by atoms with van der Waals surface area (Å²) in [6.07, 6.45) is 1.89. The zero-order valence-corrected chi connectivity index (χ0v) is 14.6.